The van der Waals surface area contributed by atoms with Gasteiger partial charge in [0.05, 0.1) is 5.56 Å². The van der Waals surface area contributed by atoms with Crippen LogP contribution in [-0.4, -0.2) is 24.5 Å². The monoisotopic (exact) mass is 401 g/mol. The maximum atomic E-state index is 13.0. The quantitative estimate of drug-likeness (QED) is 0.500. The first-order valence-corrected chi connectivity index (χ1v) is 10.5. The molecule has 0 radical (unpaired) electrons. The SMILES string of the molecule is CCCCc1cc(CCN2CC=C(c3cccc(C(F)(F)F)c3)CC2)ccc1C. The van der Waals surface area contributed by atoms with Crippen molar-refractivity contribution in [2.45, 2.75) is 52.1 Å². The predicted octanol–water partition coefficient (Wildman–Crippen LogP) is 6.69. The molecule has 0 spiro atoms. The van der Waals surface area contributed by atoms with E-state index in [1.165, 1.54) is 41.7 Å². The van der Waals surface area contributed by atoms with Gasteiger partial charge in [0.15, 0.2) is 0 Å². The second kappa shape index (κ2) is 9.62. The molecule has 0 saturated carbocycles. The maximum Gasteiger partial charge on any atom is 0.416 e. The number of benzene rings is 2. The number of nitrogens with zero attached hydrogens (tertiary/aromatic N) is 1. The van der Waals surface area contributed by atoms with E-state index < -0.39 is 11.7 Å². The molecule has 4 heteroatoms. The Hall–Kier alpha value is -2.07. The Morgan fingerprint density at radius 2 is 1.86 bits per heavy atom. The molecule has 29 heavy (non-hydrogen) atoms. The van der Waals surface area contributed by atoms with Gasteiger partial charge in [0.25, 0.3) is 0 Å². The van der Waals surface area contributed by atoms with Crippen molar-refractivity contribution in [3.8, 4) is 0 Å². The minimum Gasteiger partial charge on any atom is -0.299 e. The summed E-state index contributed by atoms with van der Waals surface area (Å²) in [5, 5.41) is 0. The molecule has 3 rings (SSSR count). The summed E-state index contributed by atoms with van der Waals surface area (Å²) in [6.07, 6.45) is 3.16. The molecular weight excluding hydrogens is 371 g/mol. The Bertz CT molecular complexity index is 851. The molecule has 0 saturated heterocycles. The van der Waals surface area contributed by atoms with Crippen LogP contribution in [-0.2, 0) is 19.0 Å². The van der Waals surface area contributed by atoms with Crippen molar-refractivity contribution < 1.29 is 13.2 Å². The normalized spacial score (nSPS) is 15.4. The van der Waals surface area contributed by atoms with Crippen molar-refractivity contribution in [2.75, 3.05) is 19.6 Å². The molecule has 2 aromatic rings. The molecule has 1 aliphatic heterocycles. The van der Waals surface area contributed by atoms with Gasteiger partial charge in [-0.1, -0.05) is 49.8 Å². The molecule has 0 aromatic heterocycles. The van der Waals surface area contributed by atoms with Crippen LogP contribution in [0.15, 0.2) is 48.5 Å². The van der Waals surface area contributed by atoms with Gasteiger partial charge >= 0.3 is 6.18 Å². The topological polar surface area (TPSA) is 3.24 Å². The summed E-state index contributed by atoms with van der Waals surface area (Å²) >= 11 is 0. The lowest BCUT2D eigenvalue weighted by molar-refractivity contribution is -0.137. The fourth-order valence-corrected chi connectivity index (χ4v) is 3.88. The van der Waals surface area contributed by atoms with Crippen LogP contribution in [0.2, 0.25) is 0 Å². The Morgan fingerprint density at radius 3 is 2.55 bits per heavy atom. The van der Waals surface area contributed by atoms with Crippen molar-refractivity contribution in [1.82, 2.24) is 4.90 Å². The van der Waals surface area contributed by atoms with E-state index in [1.807, 2.05) is 0 Å². The van der Waals surface area contributed by atoms with Crippen LogP contribution >= 0.6 is 0 Å². The van der Waals surface area contributed by atoms with Crippen molar-refractivity contribution in [3.05, 3.63) is 76.4 Å². The summed E-state index contributed by atoms with van der Waals surface area (Å²) in [5.41, 5.74) is 5.33. The van der Waals surface area contributed by atoms with Crippen LogP contribution in [0, 0.1) is 6.92 Å². The average molecular weight is 402 g/mol. The summed E-state index contributed by atoms with van der Waals surface area (Å²) in [6.45, 7) is 7.05. The number of unbranched alkanes of at least 4 members (excludes halogenated alkanes) is 1. The lowest BCUT2D eigenvalue weighted by Gasteiger charge is -2.27. The van der Waals surface area contributed by atoms with E-state index in [1.54, 1.807) is 6.07 Å². The van der Waals surface area contributed by atoms with E-state index in [0.717, 1.165) is 50.5 Å². The van der Waals surface area contributed by atoms with E-state index in [-0.39, 0.29) is 0 Å². The minimum atomic E-state index is -4.29. The van der Waals surface area contributed by atoms with Crippen LogP contribution in [0.3, 0.4) is 0 Å². The van der Waals surface area contributed by atoms with Gasteiger partial charge in [-0.15, -0.1) is 0 Å². The second-order valence-electron chi connectivity index (χ2n) is 7.97. The van der Waals surface area contributed by atoms with Crippen LogP contribution < -0.4 is 0 Å². The number of hydrogen-bond donors (Lipinski definition) is 0. The third-order valence-electron chi connectivity index (χ3n) is 5.78. The third-order valence-corrected chi connectivity index (χ3v) is 5.78. The summed E-state index contributed by atoms with van der Waals surface area (Å²) in [5.74, 6) is 0. The largest absolute Gasteiger partial charge is 0.416 e. The van der Waals surface area contributed by atoms with Gasteiger partial charge in [0, 0.05) is 19.6 Å². The summed E-state index contributed by atoms with van der Waals surface area (Å²) in [6, 6.07) is 12.5. The zero-order valence-corrected chi connectivity index (χ0v) is 17.4. The molecular formula is C25H30F3N. The maximum absolute atomic E-state index is 13.0. The van der Waals surface area contributed by atoms with Gasteiger partial charge in [-0.3, -0.25) is 4.90 Å². The van der Waals surface area contributed by atoms with Crippen molar-refractivity contribution in [2.24, 2.45) is 0 Å². The molecule has 0 aliphatic carbocycles. The molecule has 1 heterocycles. The van der Waals surface area contributed by atoms with E-state index in [4.69, 9.17) is 0 Å². The van der Waals surface area contributed by atoms with E-state index in [0.29, 0.717) is 5.56 Å². The predicted molar refractivity (Wildman–Crippen MR) is 114 cm³/mol. The van der Waals surface area contributed by atoms with E-state index in [9.17, 15) is 13.2 Å². The highest BCUT2D eigenvalue weighted by Gasteiger charge is 2.30. The molecule has 0 bridgehead atoms. The first kappa shape index (κ1) is 21.6. The average Bonchev–Trinajstić information content (AvgIpc) is 2.72. The number of aryl methyl sites for hydroxylation is 2. The summed E-state index contributed by atoms with van der Waals surface area (Å²) < 4.78 is 38.9. The van der Waals surface area contributed by atoms with Gasteiger partial charge in [-0.2, -0.15) is 13.2 Å². The summed E-state index contributed by atoms with van der Waals surface area (Å²) in [7, 11) is 0. The molecule has 0 unspecified atom stereocenters. The van der Waals surface area contributed by atoms with Gasteiger partial charge in [-0.05, 0) is 72.6 Å². The Morgan fingerprint density at radius 1 is 1.03 bits per heavy atom. The lowest BCUT2D eigenvalue weighted by Crippen LogP contribution is -2.30. The Kier molecular flexibility index (Phi) is 7.18. The molecule has 1 aliphatic rings. The fraction of sp³-hybridized carbons (Fsp3) is 0.440. The van der Waals surface area contributed by atoms with E-state index >= 15 is 0 Å². The number of rotatable bonds is 7. The molecule has 0 fully saturated rings. The number of hydrogen-bond acceptors (Lipinski definition) is 1. The van der Waals surface area contributed by atoms with Crippen LogP contribution in [0.1, 0.15) is 54.0 Å². The molecule has 1 nitrogen and oxygen atoms in total. The smallest absolute Gasteiger partial charge is 0.299 e. The summed E-state index contributed by atoms with van der Waals surface area (Å²) in [4.78, 5) is 2.38. The van der Waals surface area contributed by atoms with Crippen LogP contribution in [0.25, 0.3) is 5.57 Å². The first-order valence-electron chi connectivity index (χ1n) is 10.5. The third kappa shape index (κ3) is 5.96. The highest BCUT2D eigenvalue weighted by atomic mass is 19.4. The second-order valence-corrected chi connectivity index (χ2v) is 7.97. The van der Waals surface area contributed by atoms with Crippen molar-refractivity contribution >= 4 is 5.57 Å². The fourth-order valence-electron chi connectivity index (χ4n) is 3.88. The van der Waals surface area contributed by atoms with Crippen molar-refractivity contribution in [3.63, 3.8) is 0 Å². The first-order chi connectivity index (χ1) is 13.9. The van der Waals surface area contributed by atoms with Gasteiger partial charge in [0.1, 0.15) is 0 Å². The lowest BCUT2D eigenvalue weighted by atomic mass is 9.97. The van der Waals surface area contributed by atoms with Crippen molar-refractivity contribution in [1.29, 1.82) is 0 Å². The van der Waals surface area contributed by atoms with E-state index in [2.05, 4.69) is 43.0 Å². The molecule has 2 aromatic carbocycles. The standard InChI is InChI=1S/C25H30F3N/c1-3-4-6-22-17-20(10-9-19(22)2)11-14-29-15-12-21(13-16-29)23-7-5-8-24(18-23)25(26,27)28/h5,7-10,12,17-18H,3-4,6,11,13-16H2,1-2H3. The van der Waals surface area contributed by atoms with Gasteiger partial charge < -0.3 is 0 Å². The highest BCUT2D eigenvalue weighted by Crippen LogP contribution is 2.32. The Balaban J connectivity index is 1.58. The number of alkyl halides is 3. The van der Waals surface area contributed by atoms with Crippen LogP contribution in [0.4, 0.5) is 13.2 Å². The van der Waals surface area contributed by atoms with Gasteiger partial charge in [-0.25, -0.2) is 0 Å². The minimum absolute atomic E-state index is 0.573. The molecule has 0 atom stereocenters. The highest BCUT2D eigenvalue weighted by molar-refractivity contribution is 5.67. The van der Waals surface area contributed by atoms with Gasteiger partial charge in [0.2, 0.25) is 0 Å². The molecule has 156 valence electrons. The zero-order chi connectivity index (χ0) is 20.9. The number of halogens is 3. The molecule has 0 amide bonds. The Labute approximate surface area is 172 Å². The van der Waals surface area contributed by atoms with Crippen LogP contribution in [0.5, 0.6) is 0 Å². The molecule has 0 N–H and O–H groups in total. The zero-order valence-electron chi connectivity index (χ0n) is 17.4.